The number of carboxylic acids is 1. The summed E-state index contributed by atoms with van der Waals surface area (Å²) in [6.07, 6.45) is -1.50. The van der Waals surface area contributed by atoms with Crippen LogP contribution in [0.2, 0.25) is 0 Å². The van der Waals surface area contributed by atoms with Gasteiger partial charge in [-0.3, -0.25) is 9.59 Å². The number of carbonyl (C=O) groups excluding carboxylic acids is 2. The zero-order valence-corrected chi connectivity index (χ0v) is 12.4. The number of thiophene rings is 1. The van der Waals surface area contributed by atoms with Crippen molar-refractivity contribution in [1.29, 1.82) is 0 Å². The molecule has 7 nitrogen and oxygen atoms in total. The topological polar surface area (TPSA) is 116 Å². The minimum absolute atomic E-state index is 0.0588. The largest absolute Gasteiger partial charge is 0.479 e. The van der Waals surface area contributed by atoms with Crippen molar-refractivity contribution >= 4 is 29.1 Å². The molecule has 0 aliphatic rings. The number of amides is 2. The van der Waals surface area contributed by atoms with Crippen LogP contribution in [0.5, 0.6) is 0 Å². The van der Waals surface area contributed by atoms with Gasteiger partial charge in [0.1, 0.15) is 0 Å². The van der Waals surface area contributed by atoms with Crippen LogP contribution in [0.15, 0.2) is 17.5 Å². The maximum atomic E-state index is 11.8. The first-order chi connectivity index (χ1) is 9.90. The van der Waals surface area contributed by atoms with E-state index in [1.807, 2.05) is 17.5 Å². The molecule has 0 spiro atoms. The van der Waals surface area contributed by atoms with E-state index in [2.05, 4.69) is 10.6 Å². The van der Waals surface area contributed by atoms with Crippen molar-refractivity contribution in [2.45, 2.75) is 31.9 Å². The van der Waals surface area contributed by atoms with Crippen molar-refractivity contribution in [3.8, 4) is 0 Å². The summed E-state index contributed by atoms with van der Waals surface area (Å²) < 4.78 is 0. The molecule has 8 heteroatoms. The molecule has 0 aliphatic carbocycles. The smallest absolute Gasteiger partial charge is 0.332 e. The molecule has 0 aliphatic heterocycles. The molecule has 0 bridgehead atoms. The number of hydrogen-bond acceptors (Lipinski definition) is 5. The average molecular weight is 314 g/mol. The van der Waals surface area contributed by atoms with E-state index >= 15 is 0 Å². The van der Waals surface area contributed by atoms with Gasteiger partial charge >= 0.3 is 5.97 Å². The third kappa shape index (κ3) is 6.37. The molecule has 1 aromatic heterocycles. The van der Waals surface area contributed by atoms with E-state index in [1.54, 1.807) is 0 Å². The fourth-order valence-electron chi connectivity index (χ4n) is 1.69. The van der Waals surface area contributed by atoms with Crippen LogP contribution in [-0.4, -0.2) is 40.6 Å². The Morgan fingerprint density at radius 1 is 1.38 bits per heavy atom. The summed E-state index contributed by atoms with van der Waals surface area (Å²) in [6.45, 7) is 1.44. The van der Waals surface area contributed by atoms with Crippen molar-refractivity contribution in [3.05, 3.63) is 22.4 Å². The zero-order valence-electron chi connectivity index (χ0n) is 11.5. The summed E-state index contributed by atoms with van der Waals surface area (Å²) in [5, 5.41) is 24.7. The summed E-state index contributed by atoms with van der Waals surface area (Å²) in [6, 6.07) is 3.25. The van der Waals surface area contributed by atoms with E-state index < -0.39 is 18.1 Å². The number of aliphatic hydroxyl groups is 1. The second-order valence-electron chi connectivity index (χ2n) is 4.47. The molecule has 0 aromatic carbocycles. The highest BCUT2D eigenvalue weighted by Gasteiger charge is 2.18. The SMILES string of the molecule is CC(=O)NC(CC(=O)NCCC(O)C(=O)O)c1cccs1. The first-order valence-electron chi connectivity index (χ1n) is 6.38. The molecule has 1 heterocycles. The Balaban J connectivity index is 2.46. The van der Waals surface area contributed by atoms with E-state index in [9.17, 15) is 14.4 Å². The van der Waals surface area contributed by atoms with Gasteiger partial charge in [-0.1, -0.05) is 6.07 Å². The molecular weight excluding hydrogens is 296 g/mol. The van der Waals surface area contributed by atoms with Gasteiger partial charge in [-0.15, -0.1) is 11.3 Å². The van der Waals surface area contributed by atoms with Gasteiger partial charge in [-0.05, 0) is 11.4 Å². The molecule has 0 saturated heterocycles. The van der Waals surface area contributed by atoms with Crippen LogP contribution in [0.1, 0.15) is 30.7 Å². The lowest BCUT2D eigenvalue weighted by atomic mass is 10.1. The number of rotatable bonds is 8. The minimum atomic E-state index is -1.49. The van der Waals surface area contributed by atoms with Crippen LogP contribution in [0.25, 0.3) is 0 Å². The quantitative estimate of drug-likeness (QED) is 0.549. The first-order valence-corrected chi connectivity index (χ1v) is 7.26. The van der Waals surface area contributed by atoms with Gasteiger partial charge in [0.25, 0.3) is 0 Å². The van der Waals surface area contributed by atoms with Gasteiger partial charge in [-0.25, -0.2) is 4.79 Å². The normalized spacial score (nSPS) is 13.2. The van der Waals surface area contributed by atoms with Crippen molar-refractivity contribution in [1.82, 2.24) is 10.6 Å². The van der Waals surface area contributed by atoms with Gasteiger partial charge in [0.05, 0.1) is 12.5 Å². The van der Waals surface area contributed by atoms with Crippen molar-refractivity contribution < 1.29 is 24.6 Å². The summed E-state index contributed by atoms with van der Waals surface area (Å²) in [4.78, 5) is 34.3. The number of nitrogens with one attached hydrogen (secondary N) is 2. The Morgan fingerprint density at radius 3 is 2.62 bits per heavy atom. The van der Waals surface area contributed by atoms with Crippen LogP contribution in [0.4, 0.5) is 0 Å². The van der Waals surface area contributed by atoms with E-state index in [4.69, 9.17) is 10.2 Å². The fourth-order valence-corrected chi connectivity index (χ4v) is 2.46. The Kier molecular flexibility index (Phi) is 6.83. The maximum Gasteiger partial charge on any atom is 0.332 e. The Bertz CT molecular complexity index is 489. The predicted octanol–water partition coefficient (Wildman–Crippen LogP) is 0.267. The Morgan fingerprint density at radius 2 is 2.10 bits per heavy atom. The molecule has 1 rings (SSSR count). The number of aliphatic hydroxyl groups excluding tert-OH is 1. The summed E-state index contributed by atoms with van der Waals surface area (Å²) >= 11 is 1.44. The van der Waals surface area contributed by atoms with Crippen molar-refractivity contribution in [2.24, 2.45) is 0 Å². The second-order valence-corrected chi connectivity index (χ2v) is 5.44. The van der Waals surface area contributed by atoms with Crippen LogP contribution < -0.4 is 10.6 Å². The zero-order chi connectivity index (χ0) is 15.8. The number of carbonyl (C=O) groups is 3. The average Bonchev–Trinajstić information content (AvgIpc) is 2.90. The van der Waals surface area contributed by atoms with Crippen LogP contribution >= 0.6 is 11.3 Å². The molecule has 4 N–H and O–H groups in total. The van der Waals surface area contributed by atoms with E-state index in [0.717, 1.165) is 4.88 Å². The predicted molar refractivity (Wildman–Crippen MR) is 76.8 cm³/mol. The van der Waals surface area contributed by atoms with E-state index in [-0.39, 0.29) is 31.2 Å². The summed E-state index contributed by atoms with van der Waals surface area (Å²) in [5.74, 6) is -1.87. The summed E-state index contributed by atoms with van der Waals surface area (Å²) in [7, 11) is 0. The molecule has 21 heavy (non-hydrogen) atoms. The van der Waals surface area contributed by atoms with Crippen molar-refractivity contribution in [3.63, 3.8) is 0 Å². The Hall–Kier alpha value is -1.93. The molecular formula is C13H18N2O5S. The van der Waals surface area contributed by atoms with E-state index in [0.29, 0.717) is 0 Å². The van der Waals surface area contributed by atoms with Crippen molar-refractivity contribution in [2.75, 3.05) is 6.54 Å². The summed E-state index contributed by atoms with van der Waals surface area (Å²) in [5.41, 5.74) is 0. The van der Waals surface area contributed by atoms with Crippen LogP contribution in [-0.2, 0) is 14.4 Å². The minimum Gasteiger partial charge on any atom is -0.479 e. The van der Waals surface area contributed by atoms with Crippen LogP contribution in [0, 0.1) is 0 Å². The van der Waals surface area contributed by atoms with Gasteiger partial charge in [0.15, 0.2) is 6.10 Å². The molecule has 0 radical (unpaired) electrons. The lowest BCUT2D eigenvalue weighted by Crippen LogP contribution is -2.34. The van der Waals surface area contributed by atoms with Crippen LogP contribution in [0.3, 0.4) is 0 Å². The molecule has 2 atom stereocenters. The van der Waals surface area contributed by atoms with Gasteiger partial charge < -0.3 is 20.8 Å². The lowest BCUT2D eigenvalue weighted by molar-refractivity contribution is -0.147. The van der Waals surface area contributed by atoms with Gasteiger partial charge in [-0.2, -0.15) is 0 Å². The molecule has 2 amide bonds. The molecule has 116 valence electrons. The molecule has 0 saturated carbocycles. The third-order valence-electron chi connectivity index (χ3n) is 2.68. The molecule has 1 aromatic rings. The van der Waals surface area contributed by atoms with Gasteiger partial charge in [0.2, 0.25) is 11.8 Å². The fraction of sp³-hybridized carbons (Fsp3) is 0.462. The highest BCUT2D eigenvalue weighted by molar-refractivity contribution is 7.10. The highest BCUT2D eigenvalue weighted by atomic mass is 32.1. The molecule has 0 fully saturated rings. The Labute approximate surface area is 126 Å². The number of aliphatic carboxylic acids is 1. The number of hydrogen-bond donors (Lipinski definition) is 4. The lowest BCUT2D eigenvalue weighted by Gasteiger charge is -2.16. The number of carboxylic acid groups (broad SMARTS) is 1. The second kappa shape index (κ2) is 8.38. The van der Waals surface area contributed by atoms with Gasteiger partial charge in [0, 0.05) is 24.8 Å². The molecule has 2 unspecified atom stereocenters. The third-order valence-corrected chi connectivity index (χ3v) is 3.66. The maximum absolute atomic E-state index is 11.8. The standard InChI is InChI=1S/C13H18N2O5S/c1-8(16)15-9(11-3-2-6-21-11)7-12(18)14-5-4-10(17)13(19)20/h2-3,6,9-10,17H,4-5,7H2,1H3,(H,14,18)(H,15,16)(H,19,20). The van der Waals surface area contributed by atoms with E-state index in [1.165, 1.54) is 18.3 Å². The highest BCUT2D eigenvalue weighted by Crippen LogP contribution is 2.21. The first kappa shape index (κ1) is 17.1. The monoisotopic (exact) mass is 314 g/mol.